The number of benzene rings is 1. The van der Waals surface area contributed by atoms with Gasteiger partial charge in [-0.2, -0.15) is 0 Å². The average molecular weight is 221 g/mol. The van der Waals surface area contributed by atoms with Crippen molar-refractivity contribution in [1.29, 1.82) is 5.41 Å². The molecule has 14 heavy (non-hydrogen) atoms. The van der Waals surface area contributed by atoms with Gasteiger partial charge in [0.15, 0.2) is 0 Å². The largest absolute Gasteiger partial charge is 0.290 e. The minimum Gasteiger partial charge on any atom is -0.290 e. The van der Waals surface area contributed by atoms with Gasteiger partial charge in [-0.1, -0.05) is 11.6 Å². The van der Waals surface area contributed by atoms with E-state index in [9.17, 15) is 8.78 Å². The van der Waals surface area contributed by atoms with Crippen LogP contribution in [0, 0.1) is 17.0 Å². The lowest BCUT2D eigenvalue weighted by Crippen LogP contribution is -2.20. The monoisotopic (exact) mass is 220 g/mol. The van der Waals surface area contributed by atoms with Gasteiger partial charge in [0.1, 0.15) is 22.5 Å². The molecule has 76 valence electrons. The summed E-state index contributed by atoms with van der Waals surface area (Å²) in [4.78, 5) is 0. The molecule has 0 aromatic heterocycles. The Kier molecular flexibility index (Phi) is 3.38. The Morgan fingerprint density at radius 2 is 1.93 bits per heavy atom. The molecule has 0 heterocycles. The van der Waals surface area contributed by atoms with Crippen LogP contribution in [-0.4, -0.2) is 11.0 Å². The van der Waals surface area contributed by atoms with Gasteiger partial charge in [-0.3, -0.25) is 16.1 Å². The summed E-state index contributed by atoms with van der Waals surface area (Å²) in [5, 5.41) is 14.8. The Morgan fingerprint density at radius 3 is 2.36 bits per heavy atom. The molecule has 1 aromatic carbocycles. The molecule has 0 radical (unpaired) electrons. The summed E-state index contributed by atoms with van der Waals surface area (Å²) in [7, 11) is 0. The first-order chi connectivity index (χ1) is 6.54. The molecule has 6 heteroatoms. The Balaban J connectivity index is 2.95. The van der Waals surface area contributed by atoms with Gasteiger partial charge >= 0.3 is 0 Å². The third-order valence-electron chi connectivity index (χ3n) is 1.56. The Labute approximate surface area is 83.8 Å². The van der Waals surface area contributed by atoms with Crippen molar-refractivity contribution in [2.24, 2.45) is 0 Å². The topological polar surface area (TPSA) is 56.1 Å². The molecule has 3 N–H and O–H groups in total. The molecule has 1 rings (SSSR count). The van der Waals surface area contributed by atoms with E-state index in [1.54, 1.807) is 5.48 Å². The van der Waals surface area contributed by atoms with E-state index in [1.807, 2.05) is 0 Å². The minimum atomic E-state index is -0.882. The van der Waals surface area contributed by atoms with Crippen molar-refractivity contribution in [3.8, 4) is 0 Å². The molecule has 0 atom stereocenters. The summed E-state index contributed by atoms with van der Waals surface area (Å²) in [6.07, 6.45) is -0.0957. The fourth-order valence-corrected chi connectivity index (χ4v) is 1.06. The fraction of sp³-hybridized carbons (Fsp3) is 0.125. The van der Waals surface area contributed by atoms with E-state index >= 15 is 0 Å². The van der Waals surface area contributed by atoms with E-state index in [-0.39, 0.29) is 17.8 Å². The lowest BCUT2D eigenvalue weighted by Gasteiger charge is -2.04. The van der Waals surface area contributed by atoms with Gasteiger partial charge in [0.25, 0.3) is 0 Å². The number of hydrogen-bond acceptors (Lipinski definition) is 2. The van der Waals surface area contributed by atoms with Gasteiger partial charge in [0.05, 0.1) is 0 Å². The second kappa shape index (κ2) is 4.34. The van der Waals surface area contributed by atoms with Crippen molar-refractivity contribution < 1.29 is 14.0 Å². The van der Waals surface area contributed by atoms with Gasteiger partial charge in [-0.15, -0.1) is 0 Å². The van der Waals surface area contributed by atoms with Gasteiger partial charge in [-0.05, 0) is 17.7 Å². The molecular formula is C8H7ClF2N2O. The molecule has 0 saturated carbocycles. The van der Waals surface area contributed by atoms with Crippen molar-refractivity contribution >= 4 is 17.4 Å². The maximum Gasteiger partial charge on any atom is 0.145 e. The SMILES string of the molecule is N=C(Cc1cc(F)c(Cl)c(F)c1)NO. The van der Waals surface area contributed by atoms with E-state index < -0.39 is 16.7 Å². The second-order valence-corrected chi connectivity index (χ2v) is 3.02. The highest BCUT2D eigenvalue weighted by molar-refractivity contribution is 6.30. The van der Waals surface area contributed by atoms with Crippen LogP contribution in [-0.2, 0) is 6.42 Å². The molecule has 0 unspecified atom stereocenters. The zero-order valence-corrected chi connectivity index (χ0v) is 7.70. The molecule has 0 aliphatic carbocycles. The molecule has 0 bridgehead atoms. The predicted molar refractivity (Wildman–Crippen MR) is 47.7 cm³/mol. The maximum absolute atomic E-state index is 12.9. The highest BCUT2D eigenvalue weighted by Crippen LogP contribution is 2.20. The lowest BCUT2D eigenvalue weighted by molar-refractivity contribution is 0.231. The zero-order valence-electron chi connectivity index (χ0n) is 6.94. The molecule has 1 aromatic rings. The van der Waals surface area contributed by atoms with Crippen LogP contribution in [0.15, 0.2) is 12.1 Å². The van der Waals surface area contributed by atoms with E-state index in [0.717, 1.165) is 12.1 Å². The van der Waals surface area contributed by atoms with Crippen LogP contribution in [0.25, 0.3) is 0 Å². The van der Waals surface area contributed by atoms with Crippen molar-refractivity contribution in [2.45, 2.75) is 6.42 Å². The zero-order chi connectivity index (χ0) is 10.7. The quantitative estimate of drug-likeness (QED) is 0.310. The van der Waals surface area contributed by atoms with Gasteiger partial charge in [-0.25, -0.2) is 8.78 Å². The molecular weight excluding hydrogens is 214 g/mol. The first-order valence-electron chi connectivity index (χ1n) is 3.65. The van der Waals surface area contributed by atoms with Crippen molar-refractivity contribution in [1.82, 2.24) is 5.48 Å². The summed E-state index contributed by atoms with van der Waals surface area (Å²) in [6.45, 7) is 0. The second-order valence-electron chi connectivity index (χ2n) is 2.64. The molecule has 0 aliphatic rings. The van der Waals surface area contributed by atoms with Gasteiger partial charge in [0, 0.05) is 6.42 Å². The Bertz CT molecular complexity index is 347. The first-order valence-corrected chi connectivity index (χ1v) is 4.03. The number of rotatable bonds is 2. The minimum absolute atomic E-state index is 0.0957. The summed E-state index contributed by atoms with van der Waals surface area (Å²) >= 11 is 5.25. The number of amidine groups is 1. The lowest BCUT2D eigenvalue weighted by atomic mass is 10.1. The summed E-state index contributed by atoms with van der Waals surface area (Å²) in [6, 6.07) is 2.02. The fourth-order valence-electron chi connectivity index (χ4n) is 0.954. The van der Waals surface area contributed by atoms with Crippen LogP contribution in [0.1, 0.15) is 5.56 Å². The highest BCUT2D eigenvalue weighted by Gasteiger charge is 2.09. The standard InChI is InChI=1S/C8H7ClF2N2O/c9-8-5(10)1-4(2-6(8)11)3-7(12)13-14/h1-2,14H,3H2,(H2,12,13). The van der Waals surface area contributed by atoms with Gasteiger partial charge < -0.3 is 0 Å². The predicted octanol–water partition coefficient (Wildman–Crippen LogP) is 2.12. The van der Waals surface area contributed by atoms with Crippen LogP contribution in [0.3, 0.4) is 0 Å². The number of hydroxylamine groups is 1. The number of hydrogen-bond donors (Lipinski definition) is 3. The van der Waals surface area contributed by atoms with Crippen molar-refractivity contribution in [2.75, 3.05) is 0 Å². The Hall–Kier alpha value is -1.20. The third-order valence-corrected chi connectivity index (χ3v) is 1.92. The maximum atomic E-state index is 12.9. The van der Waals surface area contributed by atoms with Crippen LogP contribution in [0.2, 0.25) is 5.02 Å². The average Bonchev–Trinajstić information content (AvgIpc) is 2.14. The molecule has 0 amide bonds. The molecule has 0 saturated heterocycles. The molecule has 0 aliphatic heterocycles. The highest BCUT2D eigenvalue weighted by atomic mass is 35.5. The van der Waals surface area contributed by atoms with E-state index in [2.05, 4.69) is 0 Å². The van der Waals surface area contributed by atoms with E-state index in [0.29, 0.717) is 0 Å². The van der Waals surface area contributed by atoms with E-state index in [1.165, 1.54) is 0 Å². The van der Waals surface area contributed by atoms with Crippen LogP contribution < -0.4 is 5.48 Å². The number of halogens is 3. The van der Waals surface area contributed by atoms with Crippen molar-refractivity contribution in [3.05, 3.63) is 34.4 Å². The van der Waals surface area contributed by atoms with Crippen LogP contribution in [0.4, 0.5) is 8.78 Å². The number of nitrogens with one attached hydrogen (secondary N) is 2. The third kappa shape index (κ3) is 2.40. The van der Waals surface area contributed by atoms with Crippen LogP contribution in [0.5, 0.6) is 0 Å². The summed E-state index contributed by atoms with van der Waals surface area (Å²) < 4.78 is 25.7. The molecule has 3 nitrogen and oxygen atoms in total. The summed E-state index contributed by atoms with van der Waals surface area (Å²) in [5.74, 6) is -2.02. The van der Waals surface area contributed by atoms with Gasteiger partial charge in [0.2, 0.25) is 0 Å². The Morgan fingerprint density at radius 1 is 1.43 bits per heavy atom. The first kappa shape index (κ1) is 10.9. The smallest absolute Gasteiger partial charge is 0.145 e. The van der Waals surface area contributed by atoms with Crippen LogP contribution >= 0.6 is 11.6 Å². The normalized spacial score (nSPS) is 10.0. The molecule has 0 spiro atoms. The van der Waals surface area contributed by atoms with E-state index in [4.69, 9.17) is 22.2 Å². The summed E-state index contributed by atoms with van der Waals surface area (Å²) in [5.41, 5.74) is 1.79. The molecule has 0 fully saturated rings. The van der Waals surface area contributed by atoms with Crippen molar-refractivity contribution in [3.63, 3.8) is 0 Å².